The van der Waals surface area contributed by atoms with E-state index < -0.39 is 41.7 Å². The Morgan fingerprint density at radius 2 is 1.58 bits per heavy atom. The first-order valence-electron chi connectivity index (χ1n) is 13.0. The summed E-state index contributed by atoms with van der Waals surface area (Å²) in [6, 6.07) is 10.5. The number of hydrogen-bond acceptors (Lipinski definition) is 7. The summed E-state index contributed by atoms with van der Waals surface area (Å²) in [6.07, 6.45) is 1.41. The number of rotatable bonds is 11. The van der Waals surface area contributed by atoms with E-state index in [0.717, 1.165) is 5.56 Å². The molecule has 3 atom stereocenters. The molecule has 2 aliphatic heterocycles. The molecule has 0 aliphatic carbocycles. The summed E-state index contributed by atoms with van der Waals surface area (Å²) < 4.78 is 16.3. The Labute approximate surface area is 222 Å². The second kappa shape index (κ2) is 12.2. The minimum Gasteiger partial charge on any atom is -0.497 e. The van der Waals surface area contributed by atoms with Crippen LogP contribution >= 0.6 is 0 Å². The highest BCUT2D eigenvalue weighted by Crippen LogP contribution is 2.48. The number of fused-ring (bicyclic) bond motifs is 1. The zero-order chi connectivity index (χ0) is 27.2. The summed E-state index contributed by atoms with van der Waals surface area (Å²) in [7, 11) is 1.55. The molecule has 1 saturated heterocycles. The third-order valence-corrected chi connectivity index (χ3v) is 7.03. The molecule has 1 fully saturated rings. The van der Waals surface area contributed by atoms with Gasteiger partial charge >= 0.3 is 5.97 Å². The molecule has 10 heteroatoms. The Bertz CT molecular complexity index is 1130. The molecule has 2 aromatic rings. The van der Waals surface area contributed by atoms with E-state index in [9.17, 15) is 19.5 Å². The number of carboxylic acids is 1. The molecular weight excluding hydrogens is 490 g/mol. The highest BCUT2D eigenvalue weighted by atomic mass is 16.7. The normalized spacial score (nSPS) is 20.4. The first-order valence-corrected chi connectivity index (χ1v) is 13.0. The van der Waals surface area contributed by atoms with E-state index in [1.165, 1.54) is 0 Å². The van der Waals surface area contributed by atoms with E-state index in [2.05, 4.69) is 10.6 Å². The van der Waals surface area contributed by atoms with E-state index in [1.807, 2.05) is 19.9 Å². The Balaban J connectivity index is 1.81. The molecule has 3 N–H and O–H groups in total. The van der Waals surface area contributed by atoms with Crippen molar-refractivity contribution in [2.75, 3.05) is 33.5 Å². The van der Waals surface area contributed by atoms with Crippen LogP contribution in [0.5, 0.6) is 17.2 Å². The number of carboxylic acid groups (broad SMARTS) is 1. The fourth-order valence-electron chi connectivity index (χ4n) is 5.22. The van der Waals surface area contributed by atoms with Gasteiger partial charge in [0.1, 0.15) is 5.75 Å². The molecule has 0 saturated carbocycles. The molecule has 0 aromatic heterocycles. The smallest absolute Gasteiger partial charge is 0.309 e. The monoisotopic (exact) mass is 525 g/mol. The second-order valence-corrected chi connectivity index (χ2v) is 9.48. The Morgan fingerprint density at radius 3 is 2.16 bits per heavy atom. The van der Waals surface area contributed by atoms with Crippen molar-refractivity contribution in [2.45, 2.75) is 44.7 Å². The molecule has 10 nitrogen and oxygen atoms in total. The molecule has 2 aromatic carbocycles. The average Bonchev–Trinajstić information content (AvgIpc) is 3.55. The third-order valence-electron chi connectivity index (χ3n) is 7.03. The van der Waals surface area contributed by atoms with Crippen LogP contribution in [0.2, 0.25) is 0 Å². The van der Waals surface area contributed by atoms with Gasteiger partial charge in [-0.25, -0.2) is 0 Å². The maximum Gasteiger partial charge on any atom is 0.309 e. The number of nitrogens with one attached hydrogen (secondary N) is 2. The van der Waals surface area contributed by atoms with Crippen molar-refractivity contribution in [3.05, 3.63) is 53.6 Å². The van der Waals surface area contributed by atoms with E-state index in [-0.39, 0.29) is 13.3 Å². The van der Waals surface area contributed by atoms with Crippen molar-refractivity contribution in [1.29, 1.82) is 0 Å². The van der Waals surface area contributed by atoms with Gasteiger partial charge in [-0.3, -0.25) is 19.3 Å². The van der Waals surface area contributed by atoms with Gasteiger partial charge in [-0.1, -0.05) is 32.0 Å². The molecule has 1 unspecified atom stereocenters. The molecule has 38 heavy (non-hydrogen) atoms. The maximum atomic E-state index is 13.4. The van der Waals surface area contributed by atoms with Crippen LogP contribution in [-0.4, -0.2) is 67.4 Å². The zero-order valence-corrected chi connectivity index (χ0v) is 21.9. The molecule has 2 amide bonds. The third kappa shape index (κ3) is 5.55. The number of likely N-dealkylation sites (tertiary alicyclic amines) is 1. The summed E-state index contributed by atoms with van der Waals surface area (Å²) in [5.41, 5.74) is 1.42. The van der Waals surface area contributed by atoms with E-state index >= 15 is 0 Å². The van der Waals surface area contributed by atoms with Crippen molar-refractivity contribution in [1.82, 2.24) is 15.5 Å². The van der Waals surface area contributed by atoms with Crippen molar-refractivity contribution in [3.63, 3.8) is 0 Å². The first kappa shape index (κ1) is 27.3. The number of hydrogen-bond donors (Lipinski definition) is 3. The molecule has 0 spiro atoms. The van der Waals surface area contributed by atoms with Crippen molar-refractivity contribution in [2.24, 2.45) is 5.92 Å². The number of amides is 2. The van der Waals surface area contributed by atoms with Gasteiger partial charge in [0.2, 0.25) is 18.6 Å². The molecular formula is C28H35N3O7. The van der Waals surface area contributed by atoms with Crippen LogP contribution in [0.1, 0.15) is 49.8 Å². The fraction of sp³-hybridized carbons (Fsp3) is 0.464. The number of methoxy groups -OCH3 is 1. The molecule has 0 bridgehead atoms. The SMILES string of the molecule is CCCNC(=O)C(C(=O)NCCC)N1CC(c2ccc3c(c2)OCO3)[C@H](C(=O)O)[C@H]1c1ccc(OC)cc1. The summed E-state index contributed by atoms with van der Waals surface area (Å²) in [4.78, 5) is 41.5. The average molecular weight is 526 g/mol. The lowest BCUT2D eigenvalue weighted by molar-refractivity contribution is -0.145. The molecule has 2 aliphatic rings. The quantitative estimate of drug-likeness (QED) is 0.382. The Hall–Kier alpha value is -3.79. The van der Waals surface area contributed by atoms with Gasteiger partial charge in [0, 0.05) is 25.6 Å². The maximum absolute atomic E-state index is 13.4. The van der Waals surface area contributed by atoms with Crippen LogP contribution in [0.4, 0.5) is 0 Å². The largest absolute Gasteiger partial charge is 0.497 e. The van der Waals surface area contributed by atoms with E-state index in [4.69, 9.17) is 14.2 Å². The number of aliphatic carboxylic acids is 1. The van der Waals surface area contributed by atoms with Crippen molar-refractivity contribution in [3.8, 4) is 17.2 Å². The lowest BCUT2D eigenvalue weighted by atomic mass is 9.82. The highest BCUT2D eigenvalue weighted by Gasteiger charge is 2.52. The number of ether oxygens (including phenoxy) is 3. The van der Waals surface area contributed by atoms with Crippen LogP contribution in [0.25, 0.3) is 0 Å². The number of carbonyl (C=O) groups is 3. The van der Waals surface area contributed by atoms with Gasteiger partial charge in [0.15, 0.2) is 17.5 Å². The lowest BCUT2D eigenvalue weighted by Crippen LogP contribution is -2.55. The molecule has 204 valence electrons. The van der Waals surface area contributed by atoms with Gasteiger partial charge in [-0.15, -0.1) is 0 Å². The fourth-order valence-corrected chi connectivity index (χ4v) is 5.22. The standard InChI is InChI=1S/C28H35N3O7/c1-4-12-29-26(32)25(27(33)30-13-5-2)31-15-20(18-8-11-21-22(14-18)38-16-37-21)23(28(34)35)24(31)17-6-9-19(36-3)10-7-17/h6-11,14,20,23-25H,4-5,12-13,15-16H2,1-3H3,(H,29,32)(H,30,33)(H,34,35)/t20?,23-,24+/m0/s1. The molecule has 2 heterocycles. The van der Waals surface area contributed by atoms with Crippen LogP contribution in [-0.2, 0) is 14.4 Å². The predicted molar refractivity (Wildman–Crippen MR) is 139 cm³/mol. The minimum absolute atomic E-state index is 0.101. The summed E-state index contributed by atoms with van der Waals surface area (Å²) in [5.74, 6) is -1.61. The van der Waals surface area contributed by atoms with Crippen molar-refractivity contribution >= 4 is 17.8 Å². The van der Waals surface area contributed by atoms with E-state index in [1.54, 1.807) is 48.4 Å². The topological polar surface area (TPSA) is 126 Å². The zero-order valence-electron chi connectivity index (χ0n) is 21.9. The Kier molecular flexibility index (Phi) is 8.73. The number of benzene rings is 2. The van der Waals surface area contributed by atoms with E-state index in [0.29, 0.717) is 48.7 Å². The molecule has 4 rings (SSSR count). The molecule has 0 radical (unpaired) electrons. The van der Waals surface area contributed by atoms with Gasteiger partial charge in [0.25, 0.3) is 0 Å². The van der Waals surface area contributed by atoms with Crippen molar-refractivity contribution < 1.29 is 33.7 Å². The van der Waals surface area contributed by atoms with Gasteiger partial charge < -0.3 is 30.0 Å². The summed E-state index contributed by atoms with van der Waals surface area (Å²) in [6.45, 7) is 4.95. The van der Waals surface area contributed by atoms with Crippen LogP contribution in [0.3, 0.4) is 0 Å². The predicted octanol–water partition coefficient (Wildman–Crippen LogP) is 2.69. The Morgan fingerprint density at radius 1 is 0.974 bits per heavy atom. The van der Waals surface area contributed by atoms with Gasteiger partial charge in [-0.2, -0.15) is 0 Å². The lowest BCUT2D eigenvalue weighted by Gasteiger charge is -2.32. The number of carbonyl (C=O) groups excluding carboxylic acids is 2. The van der Waals surface area contributed by atoms with Crippen LogP contribution < -0.4 is 24.8 Å². The second-order valence-electron chi connectivity index (χ2n) is 9.48. The highest BCUT2D eigenvalue weighted by molar-refractivity contribution is 6.04. The minimum atomic E-state index is -1.21. The van der Waals surface area contributed by atoms with Crippen LogP contribution in [0.15, 0.2) is 42.5 Å². The summed E-state index contributed by atoms with van der Waals surface area (Å²) in [5, 5.41) is 16.2. The first-order chi connectivity index (χ1) is 18.4. The van der Waals surface area contributed by atoms with Gasteiger partial charge in [-0.05, 0) is 48.2 Å². The number of nitrogens with zero attached hydrogens (tertiary/aromatic N) is 1. The summed E-state index contributed by atoms with van der Waals surface area (Å²) >= 11 is 0. The van der Waals surface area contributed by atoms with Gasteiger partial charge in [0.05, 0.1) is 19.1 Å². The van der Waals surface area contributed by atoms with Crippen LogP contribution in [0, 0.1) is 5.92 Å².